The van der Waals surface area contributed by atoms with Crippen LogP contribution >= 0.6 is 0 Å². The molecule has 2 aliphatic heterocycles. The predicted octanol–water partition coefficient (Wildman–Crippen LogP) is 2.94. The highest BCUT2D eigenvalue weighted by Gasteiger charge is 2.28. The fraction of sp³-hybridized carbons (Fsp3) is 0.312. The van der Waals surface area contributed by atoms with Gasteiger partial charge in [-0.15, -0.1) is 0 Å². The van der Waals surface area contributed by atoms with Gasteiger partial charge in [0.2, 0.25) is 11.8 Å². The molecule has 5 rings (SSSR count). The molecule has 0 saturated carbocycles. The topological polar surface area (TPSA) is 117 Å². The van der Waals surface area contributed by atoms with Crippen LogP contribution in [0.15, 0.2) is 66.7 Å². The lowest BCUT2D eigenvalue weighted by atomic mass is 10.0. The van der Waals surface area contributed by atoms with E-state index in [0.717, 1.165) is 16.9 Å². The van der Waals surface area contributed by atoms with E-state index in [0.29, 0.717) is 43.5 Å². The van der Waals surface area contributed by atoms with Crippen LogP contribution in [-0.4, -0.2) is 60.8 Å². The molecule has 0 unspecified atom stereocenters. The summed E-state index contributed by atoms with van der Waals surface area (Å²) in [5.41, 5.74) is 2.61. The van der Waals surface area contributed by atoms with E-state index in [4.69, 9.17) is 4.74 Å². The summed E-state index contributed by atoms with van der Waals surface area (Å²) in [5.74, 6) is -1.89. The molecule has 0 fully saturated rings. The maximum absolute atomic E-state index is 14.5. The van der Waals surface area contributed by atoms with Crippen molar-refractivity contribution in [3.8, 4) is 5.75 Å². The predicted molar refractivity (Wildman–Crippen MR) is 154 cm³/mol. The zero-order chi connectivity index (χ0) is 29.6. The van der Waals surface area contributed by atoms with Crippen molar-refractivity contribution in [2.75, 3.05) is 26.2 Å². The van der Waals surface area contributed by atoms with Crippen molar-refractivity contribution in [3.05, 3.63) is 100 Å². The van der Waals surface area contributed by atoms with Crippen LogP contribution in [-0.2, 0) is 22.4 Å². The number of carbonyl (C=O) groups excluding carboxylic acids is 4. The molecule has 0 aliphatic carbocycles. The molecule has 2 bridgehead atoms. The molecule has 3 aromatic rings. The van der Waals surface area contributed by atoms with E-state index in [1.54, 1.807) is 24.3 Å². The number of benzene rings is 3. The number of halogens is 1. The van der Waals surface area contributed by atoms with Gasteiger partial charge < -0.3 is 25.6 Å². The van der Waals surface area contributed by atoms with Gasteiger partial charge in [0.25, 0.3) is 11.8 Å². The van der Waals surface area contributed by atoms with Gasteiger partial charge in [-0.25, -0.2) is 4.39 Å². The molecule has 0 radical (unpaired) electrons. The minimum Gasteiger partial charge on any atom is -0.493 e. The fourth-order valence-corrected chi connectivity index (χ4v) is 5.15. The summed E-state index contributed by atoms with van der Waals surface area (Å²) in [4.78, 5) is 54.6. The Kier molecular flexibility index (Phi) is 8.80. The quantitative estimate of drug-likeness (QED) is 0.437. The standard InChI is InChI=1S/C32H33FN4O5/c1-20-30(39)36-27(22-7-3-2-4-8-22)18-37(32(41)24-10-12-28-23(17-24)13-15-42-28)19-29(38)34-14-5-6-21-9-11-26(33)25(16-21)31(40)35-20/h2-4,7-12,16-17,20,27H,5-6,13-15,18-19H2,1H3,(H,34,38)(H,35,40)(H,36,39)/t20-,27-/m1/s1. The van der Waals surface area contributed by atoms with Crippen LogP contribution in [0.1, 0.15) is 56.8 Å². The van der Waals surface area contributed by atoms with E-state index in [9.17, 15) is 23.6 Å². The van der Waals surface area contributed by atoms with Gasteiger partial charge in [-0.3, -0.25) is 19.2 Å². The van der Waals surface area contributed by atoms with Gasteiger partial charge in [-0.2, -0.15) is 0 Å². The minimum absolute atomic E-state index is 0.00827. The number of ether oxygens (including phenoxy) is 1. The number of fused-ring (bicyclic) bond motifs is 3. The number of nitrogens with one attached hydrogen (secondary N) is 3. The summed E-state index contributed by atoms with van der Waals surface area (Å²) < 4.78 is 20.1. The lowest BCUT2D eigenvalue weighted by Gasteiger charge is -2.29. The average molecular weight is 573 g/mol. The Morgan fingerprint density at radius 2 is 1.79 bits per heavy atom. The highest BCUT2D eigenvalue weighted by atomic mass is 19.1. The van der Waals surface area contributed by atoms with Gasteiger partial charge in [-0.05, 0) is 66.8 Å². The van der Waals surface area contributed by atoms with Gasteiger partial charge >= 0.3 is 0 Å². The van der Waals surface area contributed by atoms with Crippen LogP contribution in [0, 0.1) is 5.82 Å². The molecule has 2 atom stereocenters. The Balaban J connectivity index is 1.46. The maximum Gasteiger partial charge on any atom is 0.254 e. The Morgan fingerprint density at radius 1 is 0.976 bits per heavy atom. The molecule has 2 aliphatic rings. The second-order valence-corrected chi connectivity index (χ2v) is 10.5. The van der Waals surface area contributed by atoms with Crippen LogP contribution in [0.5, 0.6) is 5.75 Å². The van der Waals surface area contributed by atoms with E-state index in [2.05, 4.69) is 16.0 Å². The van der Waals surface area contributed by atoms with E-state index in [1.165, 1.54) is 24.0 Å². The average Bonchev–Trinajstić information content (AvgIpc) is 3.47. The number of rotatable bonds is 2. The summed E-state index contributed by atoms with van der Waals surface area (Å²) >= 11 is 0. The fourth-order valence-electron chi connectivity index (χ4n) is 5.15. The highest BCUT2D eigenvalue weighted by molar-refractivity contribution is 5.98. The molecular formula is C32H33FN4O5. The Hall–Kier alpha value is -4.73. The maximum atomic E-state index is 14.5. The van der Waals surface area contributed by atoms with E-state index < -0.39 is 29.7 Å². The van der Waals surface area contributed by atoms with Crippen LogP contribution in [0.3, 0.4) is 0 Å². The molecule has 4 amide bonds. The van der Waals surface area contributed by atoms with Crippen molar-refractivity contribution in [2.45, 2.75) is 38.3 Å². The molecule has 0 spiro atoms. The summed E-state index contributed by atoms with van der Waals surface area (Å²) in [6.07, 6.45) is 1.72. The third kappa shape index (κ3) is 6.76. The first kappa shape index (κ1) is 28.8. The Labute approximate surface area is 243 Å². The smallest absolute Gasteiger partial charge is 0.254 e. The summed E-state index contributed by atoms with van der Waals surface area (Å²) in [6.45, 7) is 2.15. The molecule has 42 heavy (non-hydrogen) atoms. The minimum atomic E-state index is -1.01. The van der Waals surface area contributed by atoms with Gasteiger partial charge in [0.1, 0.15) is 17.6 Å². The van der Waals surface area contributed by atoms with Crippen molar-refractivity contribution >= 4 is 23.6 Å². The molecule has 10 heteroatoms. The zero-order valence-electron chi connectivity index (χ0n) is 23.3. The molecule has 0 saturated heterocycles. The van der Waals surface area contributed by atoms with Crippen molar-refractivity contribution in [1.29, 1.82) is 0 Å². The Bertz CT molecular complexity index is 1500. The van der Waals surface area contributed by atoms with Gasteiger partial charge in [0.05, 0.1) is 24.8 Å². The second kappa shape index (κ2) is 12.8. The number of hydrogen-bond donors (Lipinski definition) is 3. The number of amides is 4. The van der Waals surface area contributed by atoms with E-state index >= 15 is 0 Å². The lowest BCUT2D eigenvalue weighted by molar-refractivity contribution is -0.123. The van der Waals surface area contributed by atoms with E-state index in [1.807, 2.05) is 30.3 Å². The summed E-state index contributed by atoms with van der Waals surface area (Å²) in [7, 11) is 0. The lowest BCUT2D eigenvalue weighted by Crippen LogP contribution is -2.49. The monoisotopic (exact) mass is 572 g/mol. The molecule has 9 nitrogen and oxygen atoms in total. The van der Waals surface area contributed by atoms with Crippen LogP contribution in [0.2, 0.25) is 0 Å². The van der Waals surface area contributed by atoms with Crippen LogP contribution < -0.4 is 20.7 Å². The highest BCUT2D eigenvalue weighted by Crippen LogP contribution is 2.27. The van der Waals surface area contributed by atoms with Crippen molar-refractivity contribution < 1.29 is 28.3 Å². The van der Waals surface area contributed by atoms with Crippen molar-refractivity contribution in [1.82, 2.24) is 20.9 Å². The summed E-state index contributed by atoms with van der Waals surface area (Å²) in [6, 6.07) is 16.9. The number of carbonyl (C=O) groups is 4. The van der Waals surface area contributed by atoms with Gasteiger partial charge in [0, 0.05) is 25.1 Å². The first-order valence-electron chi connectivity index (χ1n) is 14.0. The largest absolute Gasteiger partial charge is 0.493 e. The molecule has 218 valence electrons. The molecule has 3 aromatic carbocycles. The summed E-state index contributed by atoms with van der Waals surface area (Å²) in [5, 5.41) is 8.37. The van der Waals surface area contributed by atoms with Crippen molar-refractivity contribution in [3.63, 3.8) is 0 Å². The zero-order valence-corrected chi connectivity index (χ0v) is 23.3. The van der Waals surface area contributed by atoms with Crippen LogP contribution in [0.25, 0.3) is 0 Å². The molecule has 2 heterocycles. The Morgan fingerprint density at radius 3 is 2.60 bits per heavy atom. The molecule has 0 aromatic heterocycles. The first-order chi connectivity index (χ1) is 20.3. The SMILES string of the molecule is C[C@H]1NC(=O)c2cc(ccc2F)CCCNC(=O)CN(C(=O)c2ccc3c(c2)CCO3)C[C@H](c2ccccc2)NC1=O. The molecular weight excluding hydrogens is 539 g/mol. The van der Waals surface area contributed by atoms with Crippen LogP contribution in [0.4, 0.5) is 4.39 Å². The van der Waals surface area contributed by atoms with Gasteiger partial charge in [0.15, 0.2) is 0 Å². The number of nitrogens with zero attached hydrogens (tertiary/aromatic N) is 1. The number of aryl methyl sites for hydroxylation is 1. The third-order valence-electron chi connectivity index (χ3n) is 7.46. The van der Waals surface area contributed by atoms with E-state index in [-0.39, 0.29) is 30.5 Å². The number of hydrogen-bond acceptors (Lipinski definition) is 5. The molecule has 3 N–H and O–H groups in total. The van der Waals surface area contributed by atoms with Gasteiger partial charge in [-0.1, -0.05) is 36.4 Å². The van der Waals surface area contributed by atoms with Crippen molar-refractivity contribution in [2.24, 2.45) is 0 Å². The first-order valence-corrected chi connectivity index (χ1v) is 14.0. The third-order valence-corrected chi connectivity index (χ3v) is 7.46. The normalized spacial score (nSPS) is 20.0. The second-order valence-electron chi connectivity index (χ2n) is 10.5.